The van der Waals surface area contributed by atoms with Gasteiger partial charge in [0.15, 0.2) is 6.10 Å². The first-order valence-electron chi connectivity index (χ1n) is 12.0. The lowest BCUT2D eigenvalue weighted by atomic mass is 10.0. The molecule has 0 aliphatic carbocycles. The molecule has 3 aromatic rings. The summed E-state index contributed by atoms with van der Waals surface area (Å²) in [5.41, 5.74) is 2.86. The zero-order chi connectivity index (χ0) is 27.4. The molecule has 0 bridgehead atoms. The average molecular weight is 532 g/mol. The molecule has 3 aromatic carbocycles. The molecule has 3 unspecified atom stereocenters. The van der Waals surface area contributed by atoms with Crippen LogP contribution in [0.4, 0.5) is 0 Å². The molecule has 0 saturated carbocycles. The summed E-state index contributed by atoms with van der Waals surface area (Å²) in [6.07, 6.45) is -0.788. The molecule has 9 heteroatoms. The Kier molecular flexibility index (Phi) is 8.19. The summed E-state index contributed by atoms with van der Waals surface area (Å²) in [6, 6.07) is 23.5. The number of allylic oxidation sites excluding steroid dienone is 1. The molecule has 0 aromatic heterocycles. The number of benzene rings is 3. The van der Waals surface area contributed by atoms with Crippen LogP contribution in [0, 0.1) is 6.92 Å². The van der Waals surface area contributed by atoms with Gasteiger partial charge in [-0.05, 0) is 60.7 Å². The Bertz CT molecular complexity index is 1350. The maximum Gasteiger partial charge on any atom is 0.355 e. The fraction of sp³-hybridized carbons (Fsp3) is 0.207. The molecule has 8 nitrogen and oxygen atoms in total. The SMILES string of the molecule is CC(C)=C(C(=O)OC(c1ccccc1)c1ccccc1)N1C(=O)C(NC(=O)c2ccc(C)cc2)C1S(=O)[O-]. The number of carbonyl (C=O) groups excluding carboxylic acids is 3. The third kappa shape index (κ3) is 5.58. The minimum absolute atomic E-state index is 0.179. The number of likely N-dealkylation sites (tertiary alicyclic amines) is 1. The summed E-state index contributed by atoms with van der Waals surface area (Å²) in [5.74, 6) is -2.16. The number of amides is 2. The topological polar surface area (TPSA) is 116 Å². The Morgan fingerprint density at radius 2 is 1.45 bits per heavy atom. The van der Waals surface area contributed by atoms with E-state index in [2.05, 4.69) is 5.32 Å². The van der Waals surface area contributed by atoms with Crippen LogP contribution in [-0.4, -0.2) is 42.9 Å². The van der Waals surface area contributed by atoms with E-state index < -0.39 is 46.4 Å². The van der Waals surface area contributed by atoms with E-state index in [4.69, 9.17) is 4.74 Å². The molecule has 1 fully saturated rings. The minimum atomic E-state index is -2.82. The molecule has 1 aliphatic rings. The number of ether oxygens (including phenoxy) is 1. The van der Waals surface area contributed by atoms with E-state index in [1.54, 1.807) is 38.1 Å². The second-order valence-electron chi connectivity index (χ2n) is 9.13. The van der Waals surface area contributed by atoms with Gasteiger partial charge in [-0.15, -0.1) is 0 Å². The van der Waals surface area contributed by atoms with Gasteiger partial charge in [0, 0.05) is 5.56 Å². The van der Waals surface area contributed by atoms with Crippen LogP contribution in [0.25, 0.3) is 0 Å². The van der Waals surface area contributed by atoms with Crippen LogP contribution in [0.5, 0.6) is 0 Å². The van der Waals surface area contributed by atoms with Crippen LogP contribution < -0.4 is 5.32 Å². The van der Waals surface area contributed by atoms with Gasteiger partial charge in [-0.1, -0.05) is 78.4 Å². The number of rotatable bonds is 8. The summed E-state index contributed by atoms with van der Waals surface area (Å²) in [7, 11) is 0. The molecule has 1 heterocycles. The van der Waals surface area contributed by atoms with Crippen molar-refractivity contribution in [3.05, 3.63) is 118 Å². The normalized spacial score (nSPS) is 17.4. The monoisotopic (exact) mass is 531 g/mol. The molecular formula is C29H27N2O6S-. The van der Waals surface area contributed by atoms with E-state index in [9.17, 15) is 23.1 Å². The van der Waals surface area contributed by atoms with Gasteiger partial charge in [0.1, 0.15) is 17.1 Å². The Morgan fingerprint density at radius 1 is 0.921 bits per heavy atom. The zero-order valence-electron chi connectivity index (χ0n) is 21.1. The molecule has 0 radical (unpaired) electrons. The second kappa shape index (κ2) is 11.5. The zero-order valence-corrected chi connectivity index (χ0v) is 21.9. The fourth-order valence-corrected chi connectivity index (χ4v) is 5.04. The largest absolute Gasteiger partial charge is 0.771 e. The van der Waals surface area contributed by atoms with Gasteiger partial charge in [-0.3, -0.25) is 18.7 Å². The van der Waals surface area contributed by atoms with E-state index in [-0.39, 0.29) is 11.3 Å². The van der Waals surface area contributed by atoms with Gasteiger partial charge in [0.05, 0.1) is 0 Å². The first kappa shape index (κ1) is 27.0. The summed E-state index contributed by atoms with van der Waals surface area (Å²) < 4.78 is 30.3. The molecule has 0 spiro atoms. The van der Waals surface area contributed by atoms with Crippen LogP contribution in [0.2, 0.25) is 0 Å². The summed E-state index contributed by atoms with van der Waals surface area (Å²) in [5, 5.41) is 1.02. The predicted molar refractivity (Wildman–Crippen MR) is 141 cm³/mol. The van der Waals surface area contributed by atoms with Crippen molar-refractivity contribution in [2.24, 2.45) is 0 Å². The molecule has 38 heavy (non-hydrogen) atoms. The number of hydrogen-bond acceptors (Lipinski definition) is 6. The van der Waals surface area contributed by atoms with Crippen LogP contribution in [0.15, 0.2) is 96.2 Å². The van der Waals surface area contributed by atoms with E-state index >= 15 is 0 Å². The van der Waals surface area contributed by atoms with Crippen molar-refractivity contribution >= 4 is 28.9 Å². The van der Waals surface area contributed by atoms with Crippen molar-refractivity contribution in [1.82, 2.24) is 10.2 Å². The van der Waals surface area contributed by atoms with Gasteiger partial charge in [0.25, 0.3) is 11.8 Å². The molecule has 4 rings (SSSR count). The van der Waals surface area contributed by atoms with E-state index in [0.717, 1.165) is 10.5 Å². The van der Waals surface area contributed by atoms with Gasteiger partial charge >= 0.3 is 5.97 Å². The predicted octanol–water partition coefficient (Wildman–Crippen LogP) is 3.77. The highest BCUT2D eigenvalue weighted by atomic mass is 32.2. The Morgan fingerprint density at radius 3 is 1.92 bits per heavy atom. The van der Waals surface area contributed by atoms with Crippen molar-refractivity contribution in [2.75, 3.05) is 0 Å². The van der Waals surface area contributed by atoms with Crippen molar-refractivity contribution < 1.29 is 27.9 Å². The molecule has 1 aliphatic heterocycles. The first-order valence-corrected chi connectivity index (χ1v) is 13.1. The maximum atomic E-state index is 13.5. The Balaban J connectivity index is 1.59. The Labute approximate surface area is 223 Å². The summed E-state index contributed by atoms with van der Waals surface area (Å²) in [4.78, 5) is 40.3. The maximum absolute atomic E-state index is 13.5. The number of nitrogens with one attached hydrogen (secondary N) is 1. The molecular weight excluding hydrogens is 504 g/mol. The summed E-state index contributed by atoms with van der Waals surface area (Å²) in [6.45, 7) is 5.05. The van der Waals surface area contributed by atoms with Crippen molar-refractivity contribution in [2.45, 2.75) is 38.3 Å². The number of hydrogen-bond donors (Lipinski definition) is 1. The highest BCUT2D eigenvalue weighted by Crippen LogP contribution is 2.33. The number of β-lactam (4-membered cyclic amide) rings is 1. The Hall–Kier alpha value is -4.08. The standard InChI is InChI=1S/C29H28N2O6S/c1-18(2)24(29(34)37-25(20-10-6-4-7-11-20)21-12-8-5-9-13-21)31-27(33)23(28(31)38(35)36)30-26(32)22-16-14-19(3)15-17-22/h4-17,23,25,28H,1-3H3,(H,30,32)(H,35,36)/p-1. The lowest BCUT2D eigenvalue weighted by Gasteiger charge is -2.48. The highest BCUT2D eigenvalue weighted by Gasteiger charge is 2.53. The fourth-order valence-electron chi connectivity index (χ4n) is 4.25. The van der Waals surface area contributed by atoms with Gasteiger partial charge in [-0.25, -0.2) is 4.79 Å². The van der Waals surface area contributed by atoms with Crippen molar-refractivity contribution in [3.63, 3.8) is 0 Å². The number of esters is 1. The molecule has 3 atom stereocenters. The smallest absolute Gasteiger partial charge is 0.355 e. The lowest BCUT2D eigenvalue weighted by molar-refractivity contribution is -0.153. The van der Waals surface area contributed by atoms with Crippen molar-refractivity contribution in [1.29, 1.82) is 0 Å². The van der Waals surface area contributed by atoms with E-state index in [1.165, 1.54) is 0 Å². The number of carbonyl (C=O) groups is 3. The second-order valence-corrected chi connectivity index (χ2v) is 10.1. The van der Waals surface area contributed by atoms with Gasteiger partial charge < -0.3 is 14.6 Å². The quantitative estimate of drug-likeness (QED) is 0.205. The van der Waals surface area contributed by atoms with E-state index in [1.807, 2.05) is 67.6 Å². The van der Waals surface area contributed by atoms with Crippen LogP contribution >= 0.6 is 0 Å². The molecule has 1 N–H and O–H groups in total. The average Bonchev–Trinajstić information content (AvgIpc) is 2.91. The lowest BCUT2D eigenvalue weighted by Crippen LogP contribution is -2.72. The van der Waals surface area contributed by atoms with Crippen molar-refractivity contribution in [3.8, 4) is 0 Å². The molecule has 2 amide bonds. The van der Waals surface area contributed by atoms with Gasteiger partial charge in [-0.2, -0.15) is 0 Å². The van der Waals surface area contributed by atoms with Crippen LogP contribution in [0.3, 0.4) is 0 Å². The third-order valence-corrected chi connectivity index (χ3v) is 7.06. The molecule has 1 saturated heterocycles. The minimum Gasteiger partial charge on any atom is -0.771 e. The summed E-state index contributed by atoms with van der Waals surface area (Å²) >= 11 is -2.82. The van der Waals surface area contributed by atoms with Gasteiger partial charge in [0.2, 0.25) is 0 Å². The third-order valence-electron chi connectivity index (χ3n) is 6.18. The van der Waals surface area contributed by atoms with Crippen LogP contribution in [0.1, 0.15) is 47.0 Å². The molecule has 196 valence electrons. The number of aryl methyl sites for hydroxylation is 1. The first-order chi connectivity index (χ1) is 18.2. The number of nitrogens with zero attached hydrogens (tertiary/aromatic N) is 1. The highest BCUT2D eigenvalue weighted by molar-refractivity contribution is 7.80. The van der Waals surface area contributed by atoms with E-state index in [0.29, 0.717) is 16.7 Å². The van der Waals surface area contributed by atoms with Crippen LogP contribution in [-0.2, 0) is 25.4 Å².